The van der Waals surface area contributed by atoms with Crippen LogP contribution in [-0.2, 0) is 0 Å². The van der Waals surface area contributed by atoms with Crippen LogP contribution in [0.1, 0.15) is 16.7 Å². The lowest BCUT2D eigenvalue weighted by Crippen LogP contribution is -1.98. The minimum Gasteiger partial charge on any atom is -0.309 e. The summed E-state index contributed by atoms with van der Waals surface area (Å²) in [6, 6.07) is 57.8. The van der Waals surface area contributed by atoms with E-state index < -0.39 is 0 Å². The lowest BCUT2D eigenvalue weighted by atomic mass is 9.94. The van der Waals surface area contributed by atoms with Gasteiger partial charge in [0.05, 0.1) is 62.7 Å². The van der Waals surface area contributed by atoms with E-state index in [1.165, 1.54) is 0 Å². The van der Waals surface area contributed by atoms with Gasteiger partial charge in [0.2, 0.25) is 0 Å². The Balaban J connectivity index is 1.19. The van der Waals surface area contributed by atoms with Crippen molar-refractivity contribution in [2.45, 2.75) is 0 Å². The number of rotatable bonds is 4. The Morgan fingerprint density at radius 1 is 0.380 bits per heavy atom. The number of hydrogen-bond acceptors (Lipinski definition) is 3. The third-order valence-corrected chi connectivity index (χ3v) is 9.64. The summed E-state index contributed by atoms with van der Waals surface area (Å²) in [4.78, 5) is 0. The molecule has 5 heteroatoms. The monoisotopic (exact) mass is 635 g/mol. The molecule has 50 heavy (non-hydrogen) atoms. The Morgan fingerprint density at radius 2 is 0.980 bits per heavy atom. The van der Waals surface area contributed by atoms with Crippen LogP contribution in [0.25, 0.3) is 77.2 Å². The summed E-state index contributed by atoms with van der Waals surface area (Å²) in [7, 11) is 0. The van der Waals surface area contributed by atoms with E-state index in [0.717, 1.165) is 77.2 Å². The van der Waals surface area contributed by atoms with Crippen molar-refractivity contribution in [1.82, 2.24) is 9.13 Å². The first-order valence-electron chi connectivity index (χ1n) is 16.3. The van der Waals surface area contributed by atoms with Crippen molar-refractivity contribution in [2.24, 2.45) is 0 Å². The van der Waals surface area contributed by atoms with Crippen molar-refractivity contribution in [3.8, 4) is 51.8 Å². The van der Waals surface area contributed by atoms with E-state index in [0.29, 0.717) is 16.7 Å². The summed E-state index contributed by atoms with van der Waals surface area (Å²) in [5.41, 5.74) is 11.7. The summed E-state index contributed by atoms with van der Waals surface area (Å²) in [6.07, 6.45) is 0. The van der Waals surface area contributed by atoms with Crippen LogP contribution in [0.4, 0.5) is 0 Å². The maximum atomic E-state index is 10.2. The number of aromatic nitrogens is 2. The van der Waals surface area contributed by atoms with Gasteiger partial charge in [-0.05, 0) is 83.9 Å². The molecule has 2 aromatic heterocycles. The summed E-state index contributed by atoms with van der Waals surface area (Å²) >= 11 is 0. The van der Waals surface area contributed by atoms with Gasteiger partial charge in [0.15, 0.2) is 0 Å². The fourth-order valence-corrected chi connectivity index (χ4v) is 7.37. The Morgan fingerprint density at radius 3 is 1.74 bits per heavy atom. The van der Waals surface area contributed by atoms with Crippen LogP contribution < -0.4 is 0 Å². The van der Waals surface area contributed by atoms with E-state index in [4.69, 9.17) is 0 Å². The second kappa shape index (κ2) is 11.4. The second-order valence-corrected chi connectivity index (χ2v) is 12.3. The molecule has 0 unspecified atom stereocenters. The fourth-order valence-electron chi connectivity index (χ4n) is 7.37. The van der Waals surface area contributed by atoms with Gasteiger partial charge < -0.3 is 9.13 Å². The molecule has 0 spiro atoms. The van der Waals surface area contributed by atoms with Crippen LogP contribution in [0.15, 0.2) is 152 Å². The van der Waals surface area contributed by atoms with E-state index in [1.807, 2.05) is 84.9 Å². The number of nitriles is 3. The van der Waals surface area contributed by atoms with Crippen molar-refractivity contribution >= 4 is 43.6 Å². The number of fused-ring (bicyclic) bond motifs is 6. The van der Waals surface area contributed by atoms with Gasteiger partial charge in [0.1, 0.15) is 0 Å². The molecule has 5 nitrogen and oxygen atoms in total. The van der Waals surface area contributed by atoms with Crippen molar-refractivity contribution in [1.29, 1.82) is 15.8 Å². The molecule has 0 saturated carbocycles. The molecule has 2 heterocycles. The van der Waals surface area contributed by atoms with Crippen LogP contribution in [0.2, 0.25) is 0 Å². The summed E-state index contributed by atoms with van der Waals surface area (Å²) in [6.45, 7) is 0. The maximum Gasteiger partial charge on any atom is 0.0998 e. The molecule has 0 bridgehead atoms. The highest BCUT2D eigenvalue weighted by Gasteiger charge is 2.18. The predicted octanol–water partition coefficient (Wildman–Crippen LogP) is 10.8. The molecule has 0 amide bonds. The molecule has 230 valence electrons. The fraction of sp³-hybridized carbons (Fsp3) is 0. The zero-order valence-electron chi connectivity index (χ0n) is 26.7. The molecule has 0 aliphatic heterocycles. The molecule has 0 fully saturated rings. The lowest BCUT2D eigenvalue weighted by Gasteiger charge is -2.16. The maximum absolute atomic E-state index is 10.2. The minimum atomic E-state index is 0.593. The number of nitrogens with zero attached hydrogens (tertiary/aromatic N) is 5. The molecule has 0 saturated heterocycles. The third kappa shape index (κ3) is 4.38. The van der Waals surface area contributed by atoms with E-state index in [9.17, 15) is 15.8 Å². The molecule has 9 aromatic rings. The number of para-hydroxylation sites is 3. The number of benzene rings is 7. The smallest absolute Gasteiger partial charge is 0.0998 e. The zero-order chi connectivity index (χ0) is 33.8. The topological polar surface area (TPSA) is 81.2 Å². The van der Waals surface area contributed by atoms with Gasteiger partial charge in [-0.25, -0.2) is 0 Å². The average Bonchev–Trinajstić information content (AvgIpc) is 3.69. The first-order chi connectivity index (χ1) is 24.7. The molecule has 0 aliphatic rings. The lowest BCUT2D eigenvalue weighted by molar-refractivity contribution is 1.18. The van der Waals surface area contributed by atoms with Gasteiger partial charge >= 0.3 is 0 Å². The van der Waals surface area contributed by atoms with Gasteiger partial charge in [-0.15, -0.1) is 0 Å². The van der Waals surface area contributed by atoms with Gasteiger partial charge in [-0.1, -0.05) is 78.9 Å². The van der Waals surface area contributed by atoms with Crippen LogP contribution in [0, 0.1) is 34.0 Å². The Hall–Kier alpha value is -7.39. The van der Waals surface area contributed by atoms with Gasteiger partial charge in [-0.2, -0.15) is 15.8 Å². The highest BCUT2D eigenvalue weighted by molar-refractivity contribution is 6.11. The molecule has 9 rings (SSSR count). The molecule has 0 atom stereocenters. The normalized spacial score (nSPS) is 11.1. The van der Waals surface area contributed by atoms with E-state index in [2.05, 4.69) is 94.1 Å². The highest BCUT2D eigenvalue weighted by Crippen LogP contribution is 2.39. The molecular formula is C45H25N5. The minimum absolute atomic E-state index is 0.593. The summed E-state index contributed by atoms with van der Waals surface area (Å²) in [5, 5.41) is 33.8. The quantitative estimate of drug-likeness (QED) is 0.193. The molecule has 0 aliphatic carbocycles. The Labute approximate surface area is 287 Å². The van der Waals surface area contributed by atoms with Crippen LogP contribution in [-0.4, -0.2) is 9.13 Å². The van der Waals surface area contributed by atoms with Crippen molar-refractivity contribution < 1.29 is 0 Å². The standard InChI is InChI=1S/C45H25N5/c46-26-29-14-22-44-40(23-29)37-9-3-6-12-43(37)50(44)41-10-4-1-7-35(41)32-15-16-33(28-48)39(25-32)31-17-19-34(20-18-31)49-42-11-5-2-8-36(42)38-21-13-30(27-47)24-45(38)49/h1-25H. The zero-order valence-corrected chi connectivity index (χ0v) is 26.7. The van der Waals surface area contributed by atoms with Crippen molar-refractivity contribution in [3.63, 3.8) is 0 Å². The average molecular weight is 636 g/mol. The van der Waals surface area contributed by atoms with Crippen molar-refractivity contribution in [3.05, 3.63) is 168 Å². The van der Waals surface area contributed by atoms with Gasteiger partial charge in [0, 0.05) is 38.4 Å². The first kappa shape index (κ1) is 28.8. The summed E-state index contributed by atoms with van der Waals surface area (Å²) in [5.74, 6) is 0. The van der Waals surface area contributed by atoms with E-state index in [1.54, 1.807) is 0 Å². The first-order valence-corrected chi connectivity index (χ1v) is 16.3. The van der Waals surface area contributed by atoms with Gasteiger partial charge in [0.25, 0.3) is 0 Å². The molecular weight excluding hydrogens is 611 g/mol. The summed E-state index contributed by atoms with van der Waals surface area (Å²) < 4.78 is 4.45. The Kier molecular flexibility index (Phi) is 6.56. The predicted molar refractivity (Wildman–Crippen MR) is 200 cm³/mol. The van der Waals surface area contributed by atoms with Crippen LogP contribution >= 0.6 is 0 Å². The second-order valence-electron chi connectivity index (χ2n) is 12.3. The largest absolute Gasteiger partial charge is 0.309 e. The number of hydrogen-bond donors (Lipinski definition) is 0. The van der Waals surface area contributed by atoms with Crippen molar-refractivity contribution in [2.75, 3.05) is 0 Å². The highest BCUT2D eigenvalue weighted by atomic mass is 15.0. The van der Waals surface area contributed by atoms with Gasteiger partial charge in [-0.3, -0.25) is 0 Å². The molecule has 0 N–H and O–H groups in total. The van der Waals surface area contributed by atoms with Crippen LogP contribution in [0.5, 0.6) is 0 Å². The Bertz CT molecular complexity index is 2960. The SMILES string of the molecule is N#Cc1ccc2c(c1)c1ccccc1n2-c1ccccc1-c1ccc(C#N)c(-c2ccc(-n3c4ccccc4c4ccc(C#N)cc43)cc2)c1. The molecule has 7 aromatic carbocycles. The van der Waals surface area contributed by atoms with E-state index in [-0.39, 0.29) is 0 Å². The molecule has 0 radical (unpaired) electrons. The van der Waals surface area contributed by atoms with E-state index >= 15 is 0 Å². The van der Waals surface area contributed by atoms with Crippen LogP contribution in [0.3, 0.4) is 0 Å². The third-order valence-electron chi connectivity index (χ3n) is 9.64.